The topological polar surface area (TPSA) is 88.7 Å². The van der Waals surface area contributed by atoms with Crippen LogP contribution in [0.1, 0.15) is 35.3 Å². The van der Waals surface area contributed by atoms with Crippen LogP contribution < -0.4 is 25.6 Å². The smallest absolute Gasteiger partial charge is 0.276 e. The largest absolute Gasteiger partial charge is 0.493 e. The Morgan fingerprint density at radius 3 is 2.37 bits per heavy atom. The molecule has 0 unspecified atom stereocenters. The Kier molecular flexibility index (Phi) is 8.61. The number of hydrazine groups is 1. The highest BCUT2D eigenvalue weighted by atomic mass is 32.1. The van der Waals surface area contributed by atoms with E-state index in [0.717, 1.165) is 11.1 Å². The Labute approximate surface area is 182 Å². The molecule has 30 heavy (non-hydrogen) atoms. The number of ether oxygens (including phenoxy) is 2. The molecular formula is C22H27N3O4S. The number of thiocarbonyl (C=S) groups is 1. The van der Waals surface area contributed by atoms with Crippen LogP contribution in [0.3, 0.4) is 0 Å². The van der Waals surface area contributed by atoms with Gasteiger partial charge in [-0.2, -0.15) is 0 Å². The number of carbonyl (C=O) groups is 2. The van der Waals surface area contributed by atoms with Crippen molar-refractivity contribution in [3.05, 3.63) is 59.2 Å². The highest BCUT2D eigenvalue weighted by Crippen LogP contribution is 2.20. The van der Waals surface area contributed by atoms with Gasteiger partial charge in [0.2, 0.25) is 0 Å². The molecule has 0 radical (unpaired) electrons. The van der Waals surface area contributed by atoms with Crippen molar-refractivity contribution in [3.8, 4) is 11.5 Å². The molecule has 0 aliphatic carbocycles. The summed E-state index contributed by atoms with van der Waals surface area (Å²) in [5, 5.41) is 2.47. The predicted molar refractivity (Wildman–Crippen MR) is 120 cm³/mol. The van der Waals surface area contributed by atoms with Crippen LogP contribution >= 0.6 is 12.2 Å². The Balaban J connectivity index is 1.75. The number of aryl methyl sites for hydroxylation is 1. The molecule has 0 aliphatic rings. The minimum atomic E-state index is -0.431. The standard InChI is InChI=1S/C22H27N3O4S/c1-14(2)12-28-18-10-8-17(9-11-18)21(27)23-22(30)25-24-20(26)13-29-19-7-5-6-15(3)16(19)4/h5-11,14H,12-13H2,1-4H3,(H,24,26)(H2,23,25,27,30). The van der Waals surface area contributed by atoms with Crippen LogP contribution in [0.2, 0.25) is 0 Å². The molecule has 160 valence electrons. The van der Waals surface area contributed by atoms with Crippen LogP contribution in [0.25, 0.3) is 0 Å². The van der Waals surface area contributed by atoms with E-state index in [-0.39, 0.29) is 11.7 Å². The molecule has 0 bridgehead atoms. The lowest BCUT2D eigenvalue weighted by Crippen LogP contribution is -2.49. The maximum Gasteiger partial charge on any atom is 0.276 e. The maximum absolute atomic E-state index is 12.2. The summed E-state index contributed by atoms with van der Waals surface area (Å²) < 4.78 is 11.1. The lowest BCUT2D eigenvalue weighted by Gasteiger charge is -2.13. The molecule has 3 N–H and O–H groups in total. The molecule has 8 heteroatoms. The van der Waals surface area contributed by atoms with Gasteiger partial charge in [-0.25, -0.2) is 0 Å². The van der Waals surface area contributed by atoms with E-state index in [9.17, 15) is 9.59 Å². The second-order valence-corrected chi connectivity index (χ2v) is 7.58. The summed E-state index contributed by atoms with van der Waals surface area (Å²) in [5.74, 6) is 0.916. The van der Waals surface area contributed by atoms with Crippen LogP contribution in [0.15, 0.2) is 42.5 Å². The molecule has 7 nitrogen and oxygen atoms in total. The highest BCUT2D eigenvalue weighted by Gasteiger charge is 2.10. The monoisotopic (exact) mass is 429 g/mol. The molecule has 0 saturated heterocycles. The fraction of sp³-hybridized carbons (Fsp3) is 0.318. The Bertz CT molecular complexity index is 898. The molecule has 0 spiro atoms. The number of nitrogens with one attached hydrogen (secondary N) is 3. The molecule has 2 rings (SSSR count). The van der Waals surface area contributed by atoms with E-state index >= 15 is 0 Å². The van der Waals surface area contributed by atoms with Gasteiger partial charge in [0.1, 0.15) is 11.5 Å². The van der Waals surface area contributed by atoms with Gasteiger partial charge < -0.3 is 9.47 Å². The van der Waals surface area contributed by atoms with Gasteiger partial charge in [0.15, 0.2) is 11.7 Å². The van der Waals surface area contributed by atoms with Crippen molar-refractivity contribution in [1.82, 2.24) is 16.2 Å². The number of amides is 2. The number of hydrogen-bond acceptors (Lipinski definition) is 5. The Morgan fingerprint density at radius 2 is 1.70 bits per heavy atom. The van der Waals surface area contributed by atoms with E-state index in [4.69, 9.17) is 21.7 Å². The van der Waals surface area contributed by atoms with E-state index in [1.807, 2.05) is 26.0 Å². The molecule has 0 aliphatic heterocycles. The van der Waals surface area contributed by atoms with E-state index in [0.29, 0.717) is 29.6 Å². The summed E-state index contributed by atoms with van der Waals surface area (Å²) in [7, 11) is 0. The molecule has 0 atom stereocenters. The molecule has 2 aromatic carbocycles. The van der Waals surface area contributed by atoms with Crippen molar-refractivity contribution in [2.75, 3.05) is 13.2 Å². The Morgan fingerprint density at radius 1 is 1.00 bits per heavy atom. The van der Waals surface area contributed by atoms with Gasteiger partial charge in [-0.1, -0.05) is 26.0 Å². The number of carbonyl (C=O) groups excluding carboxylic acids is 2. The summed E-state index contributed by atoms with van der Waals surface area (Å²) in [5.41, 5.74) is 7.34. The average Bonchev–Trinajstić information content (AvgIpc) is 2.72. The lowest BCUT2D eigenvalue weighted by molar-refractivity contribution is -0.123. The fourth-order valence-corrected chi connectivity index (χ4v) is 2.50. The summed E-state index contributed by atoms with van der Waals surface area (Å²) in [6, 6.07) is 12.4. The highest BCUT2D eigenvalue weighted by molar-refractivity contribution is 7.80. The second kappa shape index (κ2) is 11.2. The summed E-state index contributed by atoms with van der Waals surface area (Å²) >= 11 is 5.04. The van der Waals surface area contributed by atoms with Crippen LogP contribution in [0.4, 0.5) is 0 Å². The normalized spacial score (nSPS) is 10.3. The zero-order valence-corrected chi connectivity index (χ0v) is 18.4. The van der Waals surface area contributed by atoms with Crippen LogP contribution in [0.5, 0.6) is 11.5 Å². The van der Waals surface area contributed by atoms with Gasteiger partial charge >= 0.3 is 0 Å². The minimum Gasteiger partial charge on any atom is -0.493 e. The first-order chi connectivity index (χ1) is 14.3. The second-order valence-electron chi connectivity index (χ2n) is 7.17. The average molecular weight is 430 g/mol. The third kappa shape index (κ3) is 7.36. The van der Waals surface area contributed by atoms with Crippen molar-refractivity contribution in [1.29, 1.82) is 0 Å². The van der Waals surface area contributed by atoms with Crippen molar-refractivity contribution in [3.63, 3.8) is 0 Å². The first kappa shape index (κ1) is 23.2. The number of benzene rings is 2. The molecule has 2 aromatic rings. The van der Waals surface area contributed by atoms with Crippen molar-refractivity contribution >= 4 is 29.1 Å². The minimum absolute atomic E-state index is 0.0276. The van der Waals surface area contributed by atoms with Crippen molar-refractivity contribution in [2.24, 2.45) is 5.92 Å². The summed E-state index contributed by atoms with van der Waals surface area (Å²) in [6.07, 6.45) is 0. The predicted octanol–water partition coefficient (Wildman–Crippen LogP) is 3.05. The zero-order chi connectivity index (χ0) is 22.1. The number of rotatable bonds is 7. The molecule has 0 aromatic heterocycles. The molecule has 0 fully saturated rings. The fourth-order valence-electron chi connectivity index (χ4n) is 2.36. The molecule has 0 saturated carbocycles. The third-order valence-corrected chi connectivity index (χ3v) is 4.36. The molecular weight excluding hydrogens is 402 g/mol. The number of hydrogen-bond donors (Lipinski definition) is 3. The van der Waals surface area contributed by atoms with Crippen LogP contribution in [0, 0.1) is 19.8 Å². The quantitative estimate of drug-likeness (QED) is 0.463. The Hall–Kier alpha value is -3.13. The lowest BCUT2D eigenvalue weighted by atomic mass is 10.1. The third-order valence-electron chi connectivity index (χ3n) is 4.16. The van der Waals surface area contributed by atoms with Gasteiger partial charge in [-0.3, -0.25) is 25.8 Å². The van der Waals surface area contributed by atoms with E-state index in [1.165, 1.54) is 0 Å². The van der Waals surface area contributed by atoms with Gasteiger partial charge in [0.05, 0.1) is 6.61 Å². The van der Waals surface area contributed by atoms with E-state index in [2.05, 4.69) is 30.0 Å². The van der Waals surface area contributed by atoms with Crippen molar-refractivity contribution in [2.45, 2.75) is 27.7 Å². The summed E-state index contributed by atoms with van der Waals surface area (Å²) in [4.78, 5) is 24.2. The summed E-state index contributed by atoms with van der Waals surface area (Å²) in [6.45, 7) is 8.43. The maximum atomic E-state index is 12.2. The first-order valence-electron chi connectivity index (χ1n) is 9.58. The van der Waals surface area contributed by atoms with Gasteiger partial charge in [0.25, 0.3) is 11.8 Å². The van der Waals surface area contributed by atoms with E-state index in [1.54, 1.807) is 30.3 Å². The van der Waals surface area contributed by atoms with E-state index < -0.39 is 11.8 Å². The van der Waals surface area contributed by atoms with Crippen LogP contribution in [-0.2, 0) is 4.79 Å². The first-order valence-corrected chi connectivity index (χ1v) is 9.99. The van der Waals surface area contributed by atoms with Gasteiger partial charge in [0, 0.05) is 5.56 Å². The molecule has 2 amide bonds. The van der Waals surface area contributed by atoms with Crippen LogP contribution in [-0.4, -0.2) is 30.1 Å². The molecule has 0 heterocycles. The van der Waals surface area contributed by atoms with Crippen molar-refractivity contribution < 1.29 is 19.1 Å². The zero-order valence-electron chi connectivity index (χ0n) is 17.6. The van der Waals surface area contributed by atoms with Gasteiger partial charge in [-0.15, -0.1) is 0 Å². The van der Waals surface area contributed by atoms with Gasteiger partial charge in [-0.05, 0) is 73.4 Å². The SMILES string of the molecule is Cc1cccc(OCC(=O)NNC(=S)NC(=O)c2ccc(OCC(C)C)cc2)c1C.